The summed E-state index contributed by atoms with van der Waals surface area (Å²) in [6.07, 6.45) is 5.33. The van der Waals surface area contributed by atoms with Crippen LogP contribution in [0.15, 0.2) is 18.2 Å². The third-order valence-electron chi connectivity index (χ3n) is 4.76. The van der Waals surface area contributed by atoms with Crippen LogP contribution in [-0.2, 0) is 4.74 Å². The van der Waals surface area contributed by atoms with Crippen LogP contribution in [0, 0.1) is 5.92 Å². The van der Waals surface area contributed by atoms with Crippen molar-refractivity contribution in [2.75, 3.05) is 19.1 Å². The van der Waals surface area contributed by atoms with Gasteiger partial charge in [0.15, 0.2) is 0 Å². The molecule has 1 heterocycles. The highest BCUT2D eigenvalue weighted by Crippen LogP contribution is 2.50. The molecule has 0 spiro atoms. The Morgan fingerprint density at radius 3 is 2.70 bits per heavy atom. The summed E-state index contributed by atoms with van der Waals surface area (Å²) in [6.45, 7) is 0. The van der Waals surface area contributed by atoms with Crippen LogP contribution < -0.4 is 4.90 Å². The number of halogens is 1. The molecule has 0 aromatic heterocycles. The van der Waals surface area contributed by atoms with E-state index >= 15 is 0 Å². The summed E-state index contributed by atoms with van der Waals surface area (Å²) in [5.41, 5.74) is 3.16. The van der Waals surface area contributed by atoms with Gasteiger partial charge in [0.05, 0.1) is 17.6 Å². The highest BCUT2D eigenvalue weighted by Gasteiger charge is 2.40. The fourth-order valence-electron chi connectivity index (χ4n) is 3.69. The zero-order valence-electron chi connectivity index (χ0n) is 11.9. The number of benzene rings is 1. The molecule has 3 rings (SSSR count). The van der Waals surface area contributed by atoms with Crippen molar-refractivity contribution in [2.24, 2.45) is 5.92 Å². The molecule has 0 radical (unpaired) electrons. The van der Waals surface area contributed by atoms with Crippen molar-refractivity contribution >= 4 is 27.6 Å². The SMILES string of the molecule is COC(=O)c1ccc2c(c1)N(C)C(Br)C2C1CCCC1. The predicted molar refractivity (Wildman–Crippen MR) is 83.6 cm³/mol. The molecule has 3 nitrogen and oxygen atoms in total. The fraction of sp³-hybridized carbons (Fsp3) is 0.562. The molecule has 1 aliphatic carbocycles. The van der Waals surface area contributed by atoms with Gasteiger partial charge in [-0.25, -0.2) is 4.79 Å². The minimum absolute atomic E-state index is 0.267. The Morgan fingerprint density at radius 2 is 2.05 bits per heavy atom. The number of anilines is 1. The minimum atomic E-state index is -0.267. The highest BCUT2D eigenvalue weighted by molar-refractivity contribution is 9.09. The lowest BCUT2D eigenvalue weighted by atomic mass is 9.86. The van der Waals surface area contributed by atoms with Gasteiger partial charge in [-0.15, -0.1) is 0 Å². The molecule has 2 unspecified atom stereocenters. The zero-order valence-corrected chi connectivity index (χ0v) is 13.5. The second kappa shape index (κ2) is 5.40. The van der Waals surface area contributed by atoms with Crippen LogP contribution in [0.5, 0.6) is 0 Å². The molecular weight excluding hydrogens is 318 g/mol. The first-order valence-electron chi connectivity index (χ1n) is 7.22. The lowest BCUT2D eigenvalue weighted by molar-refractivity contribution is 0.0601. The number of nitrogens with zero attached hydrogens (tertiary/aromatic N) is 1. The van der Waals surface area contributed by atoms with E-state index in [1.165, 1.54) is 38.4 Å². The van der Waals surface area contributed by atoms with Crippen molar-refractivity contribution in [1.29, 1.82) is 0 Å². The van der Waals surface area contributed by atoms with E-state index in [0.717, 1.165) is 11.6 Å². The molecule has 1 fully saturated rings. The van der Waals surface area contributed by atoms with Gasteiger partial charge >= 0.3 is 5.97 Å². The molecule has 1 aromatic carbocycles. The number of methoxy groups -OCH3 is 1. The summed E-state index contributed by atoms with van der Waals surface area (Å²) in [7, 11) is 3.52. The Morgan fingerprint density at radius 1 is 1.35 bits per heavy atom. The smallest absolute Gasteiger partial charge is 0.337 e. The number of hydrogen-bond donors (Lipinski definition) is 0. The van der Waals surface area contributed by atoms with Crippen LogP contribution in [0.2, 0.25) is 0 Å². The van der Waals surface area contributed by atoms with E-state index in [0.29, 0.717) is 16.4 Å². The van der Waals surface area contributed by atoms with Crippen LogP contribution >= 0.6 is 15.9 Å². The first-order valence-corrected chi connectivity index (χ1v) is 8.14. The molecule has 2 atom stereocenters. The highest BCUT2D eigenvalue weighted by atomic mass is 79.9. The first kappa shape index (κ1) is 13.9. The molecule has 0 N–H and O–H groups in total. The van der Waals surface area contributed by atoms with Gasteiger partial charge in [-0.3, -0.25) is 0 Å². The number of carbonyl (C=O) groups is 1. The molecule has 1 saturated carbocycles. The van der Waals surface area contributed by atoms with Gasteiger partial charge in [-0.05, 0) is 36.5 Å². The molecule has 0 saturated heterocycles. The molecule has 1 aliphatic heterocycles. The zero-order chi connectivity index (χ0) is 14.3. The van der Waals surface area contributed by atoms with Crippen LogP contribution in [0.3, 0.4) is 0 Å². The third-order valence-corrected chi connectivity index (χ3v) is 5.95. The molecule has 2 aliphatic rings. The summed E-state index contributed by atoms with van der Waals surface area (Å²) < 4.78 is 4.82. The summed E-state index contributed by atoms with van der Waals surface area (Å²) >= 11 is 3.85. The van der Waals surface area contributed by atoms with Gasteiger partial charge in [-0.2, -0.15) is 0 Å². The molecule has 108 valence electrons. The summed E-state index contributed by atoms with van der Waals surface area (Å²) in [6, 6.07) is 5.97. The Balaban J connectivity index is 1.98. The van der Waals surface area contributed by atoms with E-state index in [1.807, 2.05) is 12.1 Å². The van der Waals surface area contributed by atoms with E-state index in [4.69, 9.17) is 4.74 Å². The number of alkyl halides is 1. The lowest BCUT2D eigenvalue weighted by Crippen LogP contribution is -2.27. The van der Waals surface area contributed by atoms with Crippen LogP contribution in [0.1, 0.15) is 47.5 Å². The van der Waals surface area contributed by atoms with E-state index in [-0.39, 0.29) is 5.97 Å². The van der Waals surface area contributed by atoms with Gasteiger partial charge in [0.2, 0.25) is 0 Å². The molecule has 20 heavy (non-hydrogen) atoms. The predicted octanol–water partition coefficient (Wildman–Crippen LogP) is 3.92. The maximum Gasteiger partial charge on any atom is 0.337 e. The average Bonchev–Trinajstić information content (AvgIpc) is 3.06. The number of fused-ring (bicyclic) bond motifs is 1. The number of likely N-dealkylation sites (N-methyl/N-ethyl adjacent to an activating group) is 1. The Labute approximate surface area is 128 Å². The van der Waals surface area contributed by atoms with E-state index < -0.39 is 0 Å². The van der Waals surface area contributed by atoms with E-state index in [2.05, 4.69) is 33.9 Å². The lowest BCUT2D eigenvalue weighted by Gasteiger charge is -2.25. The maximum absolute atomic E-state index is 11.7. The number of rotatable bonds is 2. The topological polar surface area (TPSA) is 29.5 Å². The largest absolute Gasteiger partial charge is 0.465 e. The Hall–Kier alpha value is -1.03. The normalized spacial score (nSPS) is 25.9. The van der Waals surface area contributed by atoms with Crippen molar-refractivity contribution in [3.05, 3.63) is 29.3 Å². The second-order valence-corrected chi connectivity index (χ2v) is 6.76. The van der Waals surface area contributed by atoms with Gasteiger partial charge in [0, 0.05) is 18.7 Å². The van der Waals surface area contributed by atoms with E-state index in [1.54, 1.807) is 0 Å². The molecule has 4 heteroatoms. The molecule has 1 aromatic rings. The minimum Gasteiger partial charge on any atom is -0.465 e. The molecular formula is C16H20BrNO2. The quantitative estimate of drug-likeness (QED) is 0.465. The second-order valence-electron chi connectivity index (χ2n) is 5.82. The van der Waals surface area contributed by atoms with Crippen molar-refractivity contribution in [3.8, 4) is 0 Å². The summed E-state index contributed by atoms with van der Waals surface area (Å²) in [5.74, 6) is 1.02. The standard InChI is InChI=1S/C16H20BrNO2/c1-18-13-9-11(16(19)20-2)7-8-12(13)14(15(18)17)10-5-3-4-6-10/h7-10,14-15H,3-6H2,1-2H3. The van der Waals surface area contributed by atoms with Gasteiger partial charge in [0.25, 0.3) is 0 Å². The molecule has 0 bridgehead atoms. The monoisotopic (exact) mass is 337 g/mol. The average molecular weight is 338 g/mol. The van der Waals surface area contributed by atoms with Gasteiger partial charge < -0.3 is 9.64 Å². The van der Waals surface area contributed by atoms with Crippen molar-refractivity contribution in [1.82, 2.24) is 0 Å². The van der Waals surface area contributed by atoms with Gasteiger partial charge in [-0.1, -0.05) is 34.8 Å². The first-order chi connectivity index (χ1) is 9.63. The summed E-state index contributed by atoms with van der Waals surface area (Å²) in [4.78, 5) is 14.3. The van der Waals surface area contributed by atoms with Crippen molar-refractivity contribution in [3.63, 3.8) is 0 Å². The Bertz CT molecular complexity index is 525. The number of hydrogen-bond acceptors (Lipinski definition) is 3. The number of carbonyl (C=O) groups excluding carboxylic acids is 1. The van der Waals surface area contributed by atoms with Crippen LogP contribution in [0.25, 0.3) is 0 Å². The van der Waals surface area contributed by atoms with Crippen LogP contribution in [-0.4, -0.2) is 25.1 Å². The summed E-state index contributed by atoms with van der Waals surface area (Å²) in [5, 5.41) is 0. The maximum atomic E-state index is 11.7. The number of ether oxygens (including phenoxy) is 1. The van der Waals surface area contributed by atoms with E-state index in [9.17, 15) is 4.79 Å². The Kier molecular flexibility index (Phi) is 3.76. The van der Waals surface area contributed by atoms with Crippen LogP contribution in [0.4, 0.5) is 5.69 Å². The van der Waals surface area contributed by atoms with Crippen molar-refractivity contribution in [2.45, 2.75) is 36.6 Å². The van der Waals surface area contributed by atoms with Crippen molar-refractivity contribution < 1.29 is 9.53 Å². The third kappa shape index (κ3) is 2.14. The fourth-order valence-corrected chi connectivity index (χ4v) is 4.63. The number of esters is 1. The molecule has 0 amide bonds. The van der Waals surface area contributed by atoms with Gasteiger partial charge in [0.1, 0.15) is 0 Å².